The van der Waals surface area contributed by atoms with Gasteiger partial charge in [-0.15, -0.1) is 0 Å². The van der Waals surface area contributed by atoms with Crippen LogP contribution < -0.4 is 5.56 Å². The quantitative estimate of drug-likeness (QED) is 0.572. The van der Waals surface area contributed by atoms with Gasteiger partial charge in [-0.3, -0.25) is 9.36 Å². The summed E-state index contributed by atoms with van der Waals surface area (Å²) in [6, 6.07) is 20.8. The normalized spacial score (nSPS) is 10.8. The van der Waals surface area contributed by atoms with Gasteiger partial charge in [0.1, 0.15) is 11.6 Å². The van der Waals surface area contributed by atoms with E-state index in [2.05, 4.69) is 5.10 Å². The standard InChI is InChI=1S/C20H14FN3O/c21-18-9-5-4-8-17(18)15-10-11-20(25)23(14-15)19-12-13-22-24(19)16-6-2-1-3-7-16/h1-14H. The molecule has 0 atom stereocenters. The maximum Gasteiger partial charge on any atom is 0.256 e. The highest BCUT2D eigenvalue weighted by atomic mass is 19.1. The molecule has 4 rings (SSSR count). The zero-order valence-corrected chi connectivity index (χ0v) is 13.2. The molecule has 2 heterocycles. The molecule has 122 valence electrons. The van der Waals surface area contributed by atoms with Gasteiger partial charge in [0.25, 0.3) is 5.56 Å². The molecular formula is C20H14FN3O. The van der Waals surface area contributed by atoms with Crippen LogP contribution in [-0.2, 0) is 0 Å². The van der Waals surface area contributed by atoms with Crippen molar-refractivity contribution in [2.75, 3.05) is 0 Å². The van der Waals surface area contributed by atoms with E-state index in [1.54, 1.807) is 47.4 Å². The van der Waals surface area contributed by atoms with Crippen LogP contribution in [0.1, 0.15) is 0 Å². The average Bonchev–Trinajstić information content (AvgIpc) is 3.13. The second-order valence-corrected chi connectivity index (χ2v) is 5.54. The Labute approximate surface area is 143 Å². The highest BCUT2D eigenvalue weighted by molar-refractivity contribution is 5.63. The number of pyridine rings is 1. The monoisotopic (exact) mass is 331 g/mol. The predicted molar refractivity (Wildman–Crippen MR) is 94.6 cm³/mol. The smallest absolute Gasteiger partial charge is 0.256 e. The van der Waals surface area contributed by atoms with Gasteiger partial charge in [-0.2, -0.15) is 5.10 Å². The van der Waals surface area contributed by atoms with Gasteiger partial charge in [-0.05, 0) is 24.3 Å². The van der Waals surface area contributed by atoms with Crippen LogP contribution in [0.2, 0.25) is 0 Å². The van der Waals surface area contributed by atoms with Crippen LogP contribution >= 0.6 is 0 Å². The molecule has 0 unspecified atom stereocenters. The number of benzene rings is 2. The SMILES string of the molecule is O=c1ccc(-c2ccccc2F)cn1-c1ccnn1-c1ccccc1. The van der Waals surface area contributed by atoms with Crippen molar-refractivity contribution in [2.45, 2.75) is 0 Å². The second-order valence-electron chi connectivity index (χ2n) is 5.54. The van der Waals surface area contributed by atoms with Gasteiger partial charge in [0, 0.05) is 29.5 Å². The fraction of sp³-hybridized carbons (Fsp3) is 0. The summed E-state index contributed by atoms with van der Waals surface area (Å²) in [6.45, 7) is 0. The van der Waals surface area contributed by atoms with E-state index in [4.69, 9.17) is 0 Å². The summed E-state index contributed by atoms with van der Waals surface area (Å²) in [5.41, 5.74) is 1.70. The Morgan fingerprint density at radius 1 is 0.840 bits per heavy atom. The molecule has 2 aromatic heterocycles. The number of rotatable bonds is 3. The van der Waals surface area contributed by atoms with E-state index in [-0.39, 0.29) is 11.4 Å². The highest BCUT2D eigenvalue weighted by Crippen LogP contribution is 2.22. The predicted octanol–water partition coefficient (Wildman–Crippen LogP) is 3.83. The molecule has 0 radical (unpaired) electrons. The van der Waals surface area contributed by atoms with E-state index in [9.17, 15) is 9.18 Å². The third kappa shape index (κ3) is 2.76. The van der Waals surface area contributed by atoms with Crippen molar-refractivity contribution < 1.29 is 4.39 Å². The summed E-state index contributed by atoms with van der Waals surface area (Å²) in [7, 11) is 0. The van der Waals surface area contributed by atoms with Crippen molar-refractivity contribution in [3.63, 3.8) is 0 Å². The lowest BCUT2D eigenvalue weighted by Crippen LogP contribution is -2.19. The van der Waals surface area contributed by atoms with Crippen molar-refractivity contribution in [3.8, 4) is 22.6 Å². The van der Waals surface area contributed by atoms with E-state index in [1.807, 2.05) is 30.3 Å². The maximum absolute atomic E-state index is 14.1. The molecule has 0 spiro atoms. The molecule has 4 aromatic rings. The van der Waals surface area contributed by atoms with Crippen LogP contribution in [0.15, 0.2) is 90.0 Å². The van der Waals surface area contributed by atoms with Crippen LogP contribution in [0.4, 0.5) is 4.39 Å². The molecule has 5 heteroatoms. The van der Waals surface area contributed by atoms with Crippen LogP contribution in [0.3, 0.4) is 0 Å². The Morgan fingerprint density at radius 3 is 2.40 bits per heavy atom. The zero-order valence-electron chi connectivity index (χ0n) is 13.2. The van der Waals surface area contributed by atoms with Gasteiger partial charge in [-0.1, -0.05) is 36.4 Å². The molecule has 25 heavy (non-hydrogen) atoms. The van der Waals surface area contributed by atoms with Crippen molar-refractivity contribution >= 4 is 0 Å². The first-order valence-corrected chi connectivity index (χ1v) is 7.81. The van der Waals surface area contributed by atoms with Gasteiger partial charge in [0.2, 0.25) is 0 Å². The number of halogens is 1. The molecule has 4 nitrogen and oxygen atoms in total. The van der Waals surface area contributed by atoms with Gasteiger partial charge in [0.05, 0.1) is 11.9 Å². The first-order chi connectivity index (χ1) is 12.2. The van der Waals surface area contributed by atoms with E-state index in [0.29, 0.717) is 16.9 Å². The Balaban J connectivity index is 1.88. The Hall–Kier alpha value is -3.47. The highest BCUT2D eigenvalue weighted by Gasteiger charge is 2.11. The lowest BCUT2D eigenvalue weighted by molar-refractivity contribution is 0.631. The summed E-state index contributed by atoms with van der Waals surface area (Å²) >= 11 is 0. The first kappa shape index (κ1) is 15.1. The van der Waals surface area contributed by atoms with Crippen molar-refractivity contribution in [2.24, 2.45) is 0 Å². The van der Waals surface area contributed by atoms with E-state index < -0.39 is 0 Å². The Kier molecular flexibility index (Phi) is 3.74. The Morgan fingerprint density at radius 2 is 1.60 bits per heavy atom. The number of nitrogens with zero attached hydrogens (tertiary/aromatic N) is 3. The Bertz CT molecular complexity index is 1080. The molecule has 0 aliphatic rings. The van der Waals surface area contributed by atoms with Crippen LogP contribution in [0.25, 0.3) is 22.6 Å². The van der Waals surface area contributed by atoms with Gasteiger partial charge < -0.3 is 0 Å². The topological polar surface area (TPSA) is 39.8 Å². The van der Waals surface area contributed by atoms with Crippen molar-refractivity contribution in [1.82, 2.24) is 14.3 Å². The summed E-state index contributed by atoms with van der Waals surface area (Å²) < 4.78 is 17.2. The molecule has 0 N–H and O–H groups in total. The zero-order chi connectivity index (χ0) is 17.2. The lowest BCUT2D eigenvalue weighted by Gasteiger charge is -2.11. The summed E-state index contributed by atoms with van der Waals surface area (Å²) in [5.74, 6) is 0.263. The molecule has 0 fully saturated rings. The second kappa shape index (κ2) is 6.20. The average molecular weight is 331 g/mol. The molecule has 2 aromatic carbocycles. The third-order valence-corrected chi connectivity index (χ3v) is 3.97. The molecule has 0 saturated carbocycles. The first-order valence-electron chi connectivity index (χ1n) is 7.81. The molecule has 0 aliphatic carbocycles. The number of aromatic nitrogens is 3. The number of para-hydroxylation sites is 1. The summed E-state index contributed by atoms with van der Waals surface area (Å²) in [4.78, 5) is 12.4. The molecule has 0 saturated heterocycles. The van der Waals surface area contributed by atoms with Crippen molar-refractivity contribution in [3.05, 3.63) is 101 Å². The van der Waals surface area contributed by atoms with Crippen LogP contribution in [-0.4, -0.2) is 14.3 Å². The maximum atomic E-state index is 14.1. The minimum atomic E-state index is -0.329. The number of hydrogen-bond donors (Lipinski definition) is 0. The molecule has 0 bridgehead atoms. The minimum Gasteiger partial charge on any atom is -0.269 e. The fourth-order valence-corrected chi connectivity index (χ4v) is 2.77. The summed E-state index contributed by atoms with van der Waals surface area (Å²) in [6.07, 6.45) is 3.27. The van der Waals surface area contributed by atoms with Gasteiger partial charge in [0.15, 0.2) is 0 Å². The van der Waals surface area contributed by atoms with Crippen LogP contribution in [0.5, 0.6) is 0 Å². The van der Waals surface area contributed by atoms with Gasteiger partial charge in [-0.25, -0.2) is 9.07 Å². The van der Waals surface area contributed by atoms with E-state index in [0.717, 1.165) is 5.69 Å². The molecule has 0 aliphatic heterocycles. The fourth-order valence-electron chi connectivity index (χ4n) is 2.77. The minimum absolute atomic E-state index is 0.210. The lowest BCUT2D eigenvalue weighted by atomic mass is 10.1. The van der Waals surface area contributed by atoms with E-state index >= 15 is 0 Å². The molecular weight excluding hydrogens is 317 g/mol. The summed E-state index contributed by atoms with van der Waals surface area (Å²) in [5, 5.41) is 4.31. The number of hydrogen-bond acceptors (Lipinski definition) is 2. The van der Waals surface area contributed by atoms with Crippen LogP contribution in [0, 0.1) is 5.82 Å². The largest absolute Gasteiger partial charge is 0.269 e. The van der Waals surface area contributed by atoms with E-state index in [1.165, 1.54) is 16.7 Å². The third-order valence-electron chi connectivity index (χ3n) is 3.97. The molecule has 0 amide bonds. The van der Waals surface area contributed by atoms with Crippen molar-refractivity contribution in [1.29, 1.82) is 0 Å². The van der Waals surface area contributed by atoms with Gasteiger partial charge >= 0.3 is 0 Å².